The van der Waals surface area contributed by atoms with Crippen LogP contribution >= 0.6 is 0 Å². The Morgan fingerprint density at radius 3 is 1.49 bits per heavy atom. The van der Waals surface area contributed by atoms with Gasteiger partial charge in [-0.2, -0.15) is 8.42 Å². The number of allylic oxidation sites excluding steroid dienone is 4. The predicted octanol–water partition coefficient (Wildman–Crippen LogP) is 9.68. The Hall–Kier alpha value is -1.20. The van der Waals surface area contributed by atoms with Gasteiger partial charge in [0.1, 0.15) is 0 Å². The van der Waals surface area contributed by atoms with E-state index in [0.29, 0.717) is 19.3 Å². The number of rotatable bonds is 32. The minimum atomic E-state index is -4.73. The van der Waals surface area contributed by atoms with Gasteiger partial charge in [0.25, 0.3) is 10.1 Å². The average molecular weight is 727 g/mol. The molecular weight excluding hydrogens is 655 g/mol. The minimum absolute atomic E-state index is 0. The first-order valence-corrected chi connectivity index (χ1v) is 20.4. The van der Waals surface area contributed by atoms with Crippen molar-refractivity contribution < 1.29 is 41.9 Å². The molecule has 49 heavy (non-hydrogen) atoms. The third-order valence-electron chi connectivity index (χ3n) is 7.82. The van der Waals surface area contributed by atoms with E-state index in [4.69, 9.17) is 14.6 Å². The fourth-order valence-electron chi connectivity index (χ4n) is 4.82. The predicted molar refractivity (Wildman–Crippen MR) is 203 cm³/mol. The van der Waals surface area contributed by atoms with E-state index in [2.05, 4.69) is 45.1 Å². The molecule has 0 bridgehead atoms. The van der Waals surface area contributed by atoms with Crippen molar-refractivity contribution in [2.75, 3.05) is 13.2 Å². The topological polar surface area (TPSA) is 144 Å². The normalized spacial score (nSPS) is 11.9. The number of hydrogen-bond donors (Lipinski definition) is 2. The maximum atomic E-state index is 12.0. The summed E-state index contributed by atoms with van der Waals surface area (Å²) < 4.78 is 42.0. The number of carbonyl (C=O) groups is 3. The zero-order valence-electron chi connectivity index (χ0n) is 30.6. The van der Waals surface area contributed by atoms with Gasteiger partial charge >= 0.3 is 47.5 Å². The summed E-state index contributed by atoms with van der Waals surface area (Å²) in [6, 6.07) is 0. The van der Waals surface area contributed by atoms with Crippen LogP contribution in [0.4, 0.5) is 0 Å². The van der Waals surface area contributed by atoms with Crippen molar-refractivity contribution in [3.8, 4) is 0 Å². The molecule has 9 nitrogen and oxygen atoms in total. The number of aliphatic carboxylic acids is 1. The Kier molecular flexibility index (Phi) is 42.1. The van der Waals surface area contributed by atoms with Crippen LogP contribution in [0.25, 0.3) is 0 Å². The first kappa shape index (κ1) is 52.2. The molecule has 284 valence electrons. The summed E-state index contributed by atoms with van der Waals surface area (Å²) in [5, 5.41) is 6.58. The van der Waals surface area contributed by atoms with Crippen molar-refractivity contribution in [3.63, 3.8) is 0 Å². The second-order valence-electron chi connectivity index (χ2n) is 12.5. The first-order valence-electron chi connectivity index (χ1n) is 18.9. The summed E-state index contributed by atoms with van der Waals surface area (Å²) >= 11 is 0. The summed E-state index contributed by atoms with van der Waals surface area (Å²) in [5.41, 5.74) is 0. The molecule has 0 heterocycles. The van der Waals surface area contributed by atoms with Gasteiger partial charge in [-0.3, -0.25) is 18.9 Å². The molecule has 0 aromatic heterocycles. The number of unbranched alkanes of at least 4 members (excludes halogenated alkanes) is 18. The van der Waals surface area contributed by atoms with Crippen LogP contribution in [-0.2, 0) is 34.0 Å². The van der Waals surface area contributed by atoms with Gasteiger partial charge in [0, 0.05) is 6.42 Å². The van der Waals surface area contributed by atoms with E-state index in [1.165, 1.54) is 51.4 Å². The second kappa shape index (κ2) is 39.6. The van der Waals surface area contributed by atoms with Crippen LogP contribution in [-0.4, -0.2) is 84.0 Å². The van der Waals surface area contributed by atoms with E-state index < -0.39 is 39.7 Å². The zero-order valence-corrected chi connectivity index (χ0v) is 31.5. The van der Waals surface area contributed by atoms with Crippen molar-refractivity contribution in [1.82, 2.24) is 0 Å². The Balaban J connectivity index is -0.000000893. The van der Waals surface area contributed by atoms with E-state index in [9.17, 15) is 27.4 Å². The van der Waals surface area contributed by atoms with Crippen molar-refractivity contribution in [1.29, 1.82) is 0 Å². The average Bonchev–Trinajstić information content (AvgIpc) is 3.04. The molecule has 0 saturated heterocycles. The third-order valence-corrected chi connectivity index (χ3v) is 8.90. The van der Waals surface area contributed by atoms with Crippen molar-refractivity contribution >= 4 is 57.6 Å². The Bertz CT molecular complexity index is 935. The fourth-order valence-corrected chi connectivity index (χ4v) is 5.48. The first-order chi connectivity index (χ1) is 23.1. The summed E-state index contributed by atoms with van der Waals surface area (Å²) in [7, 11) is -4.73. The molecular formula is C38H71NaO9S. The molecule has 0 amide bonds. The van der Waals surface area contributed by atoms with Gasteiger partial charge in [-0.1, -0.05) is 141 Å². The molecule has 0 aliphatic heterocycles. The van der Waals surface area contributed by atoms with Crippen molar-refractivity contribution in [2.24, 2.45) is 0 Å². The third kappa shape index (κ3) is 41.1. The van der Waals surface area contributed by atoms with E-state index in [0.717, 1.165) is 83.5 Å². The molecule has 0 aliphatic carbocycles. The van der Waals surface area contributed by atoms with Crippen molar-refractivity contribution in [2.45, 2.75) is 187 Å². The van der Waals surface area contributed by atoms with Crippen LogP contribution in [0.1, 0.15) is 181 Å². The Morgan fingerprint density at radius 1 is 0.592 bits per heavy atom. The van der Waals surface area contributed by atoms with Crippen LogP contribution in [0.5, 0.6) is 0 Å². The van der Waals surface area contributed by atoms with E-state index in [-0.39, 0.29) is 42.8 Å². The Morgan fingerprint density at radius 2 is 1.00 bits per heavy atom. The van der Waals surface area contributed by atoms with Gasteiger partial charge in [0.05, 0.1) is 19.6 Å². The summed E-state index contributed by atoms with van der Waals surface area (Å²) in [6.07, 6.45) is 33.6. The molecule has 0 saturated carbocycles. The fraction of sp³-hybridized carbons (Fsp3) is 0.816. The van der Waals surface area contributed by atoms with Gasteiger partial charge in [0.15, 0.2) is 5.25 Å². The standard InChI is InChI=1S/C20H38O7S.C18H32O2.Na.H/c1-3-5-7-9-11-13-15-26-19(21)17-18(28(23,24)25)20(22)27-16-14-12-10-8-6-4-2;1-2-3-4-5-6-7-8-9-10-11-12-13-14-15-16-17-18(19)20;;/h18H,3-17H2,1-2H3,(H,23,24,25);6-7,9-10H,2-5,8,11-17H2,1H3,(H,19,20);;/b;7-6-,10-9-;;. The molecule has 0 rings (SSSR count). The summed E-state index contributed by atoms with van der Waals surface area (Å²) in [5.74, 6) is -2.60. The summed E-state index contributed by atoms with van der Waals surface area (Å²) in [6.45, 7) is 6.74. The van der Waals surface area contributed by atoms with Crippen LogP contribution in [0.15, 0.2) is 24.3 Å². The van der Waals surface area contributed by atoms with E-state index in [1.54, 1.807) is 0 Å². The second-order valence-corrected chi connectivity index (χ2v) is 14.1. The van der Waals surface area contributed by atoms with Gasteiger partial charge in [-0.15, -0.1) is 0 Å². The number of carbonyl (C=O) groups excluding carboxylic acids is 2. The molecule has 0 aromatic rings. The van der Waals surface area contributed by atoms with Crippen molar-refractivity contribution in [3.05, 3.63) is 24.3 Å². The molecule has 11 heteroatoms. The van der Waals surface area contributed by atoms with Crippen LogP contribution in [0, 0.1) is 0 Å². The van der Waals surface area contributed by atoms with Gasteiger partial charge in [-0.05, 0) is 51.4 Å². The number of esters is 2. The number of ether oxygens (including phenoxy) is 2. The number of carboxylic acids is 1. The molecule has 0 fully saturated rings. The molecule has 0 aliphatic rings. The SMILES string of the molecule is CCCCC/C=C\C/C=C\CCCCCCCC(=O)O.CCCCCCCCOC(=O)CC(C(=O)OCCCCCCCC)S(=O)(=O)O.[NaH]. The number of carboxylic acid groups (broad SMARTS) is 1. The molecule has 0 aromatic carbocycles. The van der Waals surface area contributed by atoms with Crippen LogP contribution < -0.4 is 0 Å². The van der Waals surface area contributed by atoms with E-state index in [1.807, 2.05) is 0 Å². The monoisotopic (exact) mass is 726 g/mol. The van der Waals surface area contributed by atoms with Gasteiger partial charge in [0.2, 0.25) is 0 Å². The van der Waals surface area contributed by atoms with Crippen LogP contribution in [0.2, 0.25) is 0 Å². The molecule has 1 atom stereocenters. The molecule has 2 N–H and O–H groups in total. The quantitative estimate of drug-likeness (QED) is 0.0228. The van der Waals surface area contributed by atoms with Crippen LogP contribution in [0.3, 0.4) is 0 Å². The maximum absolute atomic E-state index is 12.0. The van der Waals surface area contributed by atoms with Gasteiger partial charge in [-0.25, -0.2) is 0 Å². The van der Waals surface area contributed by atoms with E-state index >= 15 is 0 Å². The Labute approximate surface area is 321 Å². The zero-order chi connectivity index (χ0) is 36.1. The number of hydrogen-bond acceptors (Lipinski definition) is 7. The summed E-state index contributed by atoms with van der Waals surface area (Å²) in [4.78, 5) is 34.1. The molecule has 1 unspecified atom stereocenters. The molecule has 0 radical (unpaired) electrons. The van der Waals surface area contributed by atoms with Gasteiger partial charge < -0.3 is 14.6 Å². The molecule has 0 spiro atoms.